The Hall–Kier alpha value is -2.92. The van der Waals surface area contributed by atoms with Crippen LogP contribution in [0.5, 0.6) is 0 Å². The Kier molecular flexibility index (Phi) is 5.61. The summed E-state index contributed by atoms with van der Waals surface area (Å²) >= 11 is 0. The van der Waals surface area contributed by atoms with Gasteiger partial charge in [0.25, 0.3) is 0 Å². The second-order valence-corrected chi connectivity index (χ2v) is 10.4. The quantitative estimate of drug-likeness (QED) is 0.566. The highest BCUT2D eigenvalue weighted by Crippen LogP contribution is 2.34. The first-order chi connectivity index (χ1) is 14.0. The number of hydrogen-bond acceptors (Lipinski definition) is 5. The first-order valence-electron chi connectivity index (χ1n) is 8.83. The topological polar surface area (TPSA) is 122 Å². The Morgan fingerprint density at radius 1 is 1.13 bits per heavy atom. The molecule has 160 valence electrons. The van der Waals surface area contributed by atoms with Crippen molar-refractivity contribution in [3.05, 3.63) is 59.5 Å². The molecule has 2 N–H and O–H groups in total. The van der Waals surface area contributed by atoms with Gasteiger partial charge in [0.1, 0.15) is 10.8 Å². The fourth-order valence-corrected chi connectivity index (χ4v) is 5.76. The van der Waals surface area contributed by atoms with Crippen LogP contribution in [0.25, 0.3) is 5.52 Å². The highest BCUT2D eigenvalue weighted by molar-refractivity contribution is 7.93. The molecule has 30 heavy (non-hydrogen) atoms. The van der Waals surface area contributed by atoms with Gasteiger partial charge in [0, 0.05) is 6.20 Å². The Balaban J connectivity index is 2.33. The monoisotopic (exact) mass is 454 g/mol. The van der Waals surface area contributed by atoms with Crippen molar-refractivity contribution in [1.29, 1.82) is 0 Å². The third kappa shape index (κ3) is 3.90. The highest BCUT2D eigenvalue weighted by atomic mass is 32.2. The minimum Gasteiger partial charge on any atom is -0.481 e. The number of carboxylic acids is 1. The third-order valence-electron chi connectivity index (χ3n) is 4.62. The predicted octanol–water partition coefficient (Wildman–Crippen LogP) is 2.61. The summed E-state index contributed by atoms with van der Waals surface area (Å²) in [5.74, 6) is -2.15. The van der Waals surface area contributed by atoms with Crippen LogP contribution in [-0.4, -0.2) is 38.1 Å². The fourth-order valence-electron chi connectivity index (χ4n) is 3.23. The number of benzene rings is 1. The van der Waals surface area contributed by atoms with Gasteiger partial charge in [0.05, 0.1) is 28.3 Å². The summed E-state index contributed by atoms with van der Waals surface area (Å²) in [4.78, 5) is 11.0. The largest absolute Gasteiger partial charge is 0.481 e. The summed E-state index contributed by atoms with van der Waals surface area (Å²) in [6.07, 6.45) is 0.500. The average Bonchev–Trinajstić information content (AvgIpc) is 2.92. The van der Waals surface area contributed by atoms with E-state index in [0.29, 0.717) is 0 Å². The number of anilines is 1. The molecule has 0 radical (unpaired) electrons. The molecule has 0 spiro atoms. The first-order valence-corrected chi connectivity index (χ1v) is 12.0. The smallest absolute Gasteiger partial charge is 0.307 e. The number of nitrogens with zero attached hydrogens (tertiary/aromatic N) is 1. The Morgan fingerprint density at radius 2 is 1.80 bits per heavy atom. The van der Waals surface area contributed by atoms with E-state index in [1.807, 2.05) is 0 Å². The Labute approximate surface area is 172 Å². The number of para-hydroxylation sites is 1. The van der Waals surface area contributed by atoms with E-state index in [0.717, 1.165) is 16.7 Å². The summed E-state index contributed by atoms with van der Waals surface area (Å²) in [6.45, 7) is 2.85. The molecule has 0 saturated carbocycles. The number of aliphatic carboxylic acids is 1. The lowest BCUT2D eigenvalue weighted by atomic mass is 10.1. The molecule has 0 aliphatic carbocycles. The van der Waals surface area contributed by atoms with Crippen molar-refractivity contribution in [2.75, 3.05) is 10.5 Å². The molecule has 0 fully saturated rings. The van der Waals surface area contributed by atoms with E-state index in [1.54, 1.807) is 0 Å². The number of sulfonamides is 1. The van der Waals surface area contributed by atoms with Gasteiger partial charge in [-0.15, -0.1) is 0 Å². The van der Waals surface area contributed by atoms with Crippen molar-refractivity contribution < 1.29 is 31.1 Å². The Morgan fingerprint density at radius 3 is 2.43 bits per heavy atom. The van der Waals surface area contributed by atoms with Gasteiger partial charge in [-0.25, -0.2) is 21.2 Å². The molecule has 11 heteroatoms. The maximum atomic E-state index is 13.9. The lowest BCUT2D eigenvalue weighted by Gasteiger charge is -2.13. The number of halogens is 1. The molecule has 0 atom stereocenters. The lowest BCUT2D eigenvalue weighted by molar-refractivity contribution is -0.136. The number of fused-ring (bicyclic) bond motifs is 1. The zero-order valence-corrected chi connectivity index (χ0v) is 17.7. The summed E-state index contributed by atoms with van der Waals surface area (Å²) in [5.41, 5.74) is 0.468. The molecule has 0 unspecified atom stereocenters. The second-order valence-electron chi connectivity index (χ2n) is 6.59. The Bertz CT molecular complexity index is 1360. The molecule has 1 aromatic carbocycles. The summed E-state index contributed by atoms with van der Waals surface area (Å²) in [6, 6.07) is 7.87. The maximum Gasteiger partial charge on any atom is 0.307 e. The number of pyridine rings is 1. The molecule has 3 rings (SSSR count). The average molecular weight is 455 g/mol. The van der Waals surface area contributed by atoms with Crippen LogP contribution in [0.15, 0.2) is 52.5 Å². The van der Waals surface area contributed by atoms with Gasteiger partial charge < -0.3 is 9.51 Å². The highest BCUT2D eigenvalue weighted by Gasteiger charge is 2.30. The predicted molar refractivity (Wildman–Crippen MR) is 108 cm³/mol. The molecule has 0 aliphatic heterocycles. The molecule has 0 bridgehead atoms. The summed E-state index contributed by atoms with van der Waals surface area (Å²) in [7, 11) is -8.13. The molecule has 2 aromatic heterocycles. The zero-order chi connectivity index (χ0) is 22.3. The van der Waals surface area contributed by atoms with Gasteiger partial charge in [-0.3, -0.25) is 9.52 Å². The van der Waals surface area contributed by atoms with Gasteiger partial charge in [-0.1, -0.05) is 12.1 Å². The van der Waals surface area contributed by atoms with Crippen LogP contribution in [0.4, 0.5) is 10.1 Å². The number of hydrogen-bond donors (Lipinski definition) is 2. The van der Waals surface area contributed by atoms with E-state index < -0.39 is 38.1 Å². The number of rotatable bonds is 7. The molecular formula is C19H19FN2O6S2. The number of sulfone groups is 1. The molecule has 0 amide bonds. The van der Waals surface area contributed by atoms with Crippen LogP contribution >= 0.6 is 0 Å². The van der Waals surface area contributed by atoms with Crippen LogP contribution in [-0.2, 0) is 31.1 Å². The normalized spacial score (nSPS) is 12.2. The van der Waals surface area contributed by atoms with Crippen LogP contribution in [0, 0.1) is 12.7 Å². The van der Waals surface area contributed by atoms with E-state index in [2.05, 4.69) is 4.72 Å². The van der Waals surface area contributed by atoms with Crippen molar-refractivity contribution >= 4 is 37.0 Å². The standard InChI is InChI=1S/C19H19FN2O6S2/c1-3-29(25,26)21-15-6-4-5-7-17(15)30(27,28)19-12(2)14(10-18(23)24)16-9-8-13(20)11-22(16)19/h4-9,11,21H,3,10H2,1-2H3,(H,23,24). The fraction of sp³-hybridized carbons (Fsp3) is 0.211. The van der Waals surface area contributed by atoms with Crippen molar-refractivity contribution in [2.45, 2.75) is 30.2 Å². The summed E-state index contributed by atoms with van der Waals surface area (Å²) < 4.78 is 68.4. The van der Waals surface area contributed by atoms with Gasteiger partial charge in [0.2, 0.25) is 19.9 Å². The number of aromatic nitrogens is 1. The van der Waals surface area contributed by atoms with E-state index in [9.17, 15) is 31.1 Å². The molecule has 0 aliphatic rings. The van der Waals surface area contributed by atoms with Crippen LogP contribution in [0.1, 0.15) is 18.1 Å². The van der Waals surface area contributed by atoms with E-state index in [-0.39, 0.29) is 38.0 Å². The van der Waals surface area contributed by atoms with E-state index in [4.69, 9.17) is 0 Å². The first kappa shape index (κ1) is 21.8. The van der Waals surface area contributed by atoms with Crippen LogP contribution < -0.4 is 4.72 Å². The molecule has 3 aromatic rings. The molecular weight excluding hydrogens is 435 g/mol. The van der Waals surface area contributed by atoms with Crippen molar-refractivity contribution in [3.8, 4) is 0 Å². The SMILES string of the molecule is CCS(=O)(=O)Nc1ccccc1S(=O)(=O)c1c(C)c(CC(=O)O)c2ccc(F)cn12. The van der Waals surface area contributed by atoms with E-state index in [1.165, 1.54) is 44.2 Å². The minimum atomic E-state index is -4.36. The molecule has 8 nitrogen and oxygen atoms in total. The lowest BCUT2D eigenvalue weighted by Crippen LogP contribution is -2.17. The molecule has 0 saturated heterocycles. The van der Waals surface area contributed by atoms with Gasteiger partial charge >= 0.3 is 5.97 Å². The number of carboxylic acid groups (broad SMARTS) is 1. The van der Waals surface area contributed by atoms with E-state index >= 15 is 0 Å². The van der Waals surface area contributed by atoms with Crippen molar-refractivity contribution in [1.82, 2.24) is 4.40 Å². The third-order valence-corrected chi connectivity index (χ3v) is 7.86. The molecule has 2 heterocycles. The van der Waals surface area contributed by atoms with Crippen molar-refractivity contribution in [2.24, 2.45) is 0 Å². The van der Waals surface area contributed by atoms with Gasteiger partial charge in [0.15, 0.2) is 0 Å². The number of nitrogens with one attached hydrogen (secondary N) is 1. The van der Waals surface area contributed by atoms with Crippen LogP contribution in [0.2, 0.25) is 0 Å². The minimum absolute atomic E-state index is 0.148. The maximum absolute atomic E-state index is 13.9. The zero-order valence-electron chi connectivity index (χ0n) is 16.1. The second kappa shape index (κ2) is 7.73. The number of carbonyl (C=O) groups is 1. The van der Waals surface area contributed by atoms with Crippen molar-refractivity contribution in [3.63, 3.8) is 0 Å². The van der Waals surface area contributed by atoms with Crippen LogP contribution in [0.3, 0.4) is 0 Å². The van der Waals surface area contributed by atoms with Gasteiger partial charge in [-0.2, -0.15) is 0 Å². The summed E-state index contributed by atoms with van der Waals surface area (Å²) in [5, 5.41) is 8.90. The van der Waals surface area contributed by atoms with Gasteiger partial charge in [-0.05, 0) is 49.2 Å².